The second-order valence-electron chi connectivity index (χ2n) is 4.83. The number of hydrogen-bond acceptors (Lipinski definition) is 3. The molecule has 4 nitrogen and oxygen atoms in total. The molecule has 0 amide bonds. The fraction of sp³-hybridized carbons (Fsp3) is 0.312. The lowest BCUT2D eigenvalue weighted by molar-refractivity contribution is 0.184. The SMILES string of the molecule is CCNC(=NCc1ccccc1F)NCC(O)c1ccc(Cl)s1.I. The molecule has 0 saturated heterocycles. The Hall–Kier alpha value is -0.900. The molecule has 0 aliphatic carbocycles. The van der Waals surface area contributed by atoms with Gasteiger partial charge in [0.2, 0.25) is 0 Å². The Bertz CT molecular complexity index is 668. The van der Waals surface area contributed by atoms with E-state index in [2.05, 4.69) is 15.6 Å². The lowest BCUT2D eigenvalue weighted by Crippen LogP contribution is -2.39. The van der Waals surface area contributed by atoms with Crippen molar-refractivity contribution in [3.05, 3.63) is 57.0 Å². The molecule has 1 aromatic carbocycles. The summed E-state index contributed by atoms with van der Waals surface area (Å²) in [6, 6.07) is 10.1. The van der Waals surface area contributed by atoms with Crippen molar-refractivity contribution in [3.8, 4) is 0 Å². The van der Waals surface area contributed by atoms with Crippen LogP contribution in [-0.4, -0.2) is 24.2 Å². The van der Waals surface area contributed by atoms with Crippen LogP contribution in [0.25, 0.3) is 0 Å². The van der Waals surface area contributed by atoms with Gasteiger partial charge >= 0.3 is 0 Å². The van der Waals surface area contributed by atoms with Crippen molar-refractivity contribution in [3.63, 3.8) is 0 Å². The maximum absolute atomic E-state index is 13.6. The topological polar surface area (TPSA) is 56.7 Å². The molecule has 2 aromatic rings. The molecule has 8 heteroatoms. The minimum atomic E-state index is -0.676. The lowest BCUT2D eigenvalue weighted by atomic mass is 10.2. The molecule has 0 radical (unpaired) electrons. The molecule has 24 heavy (non-hydrogen) atoms. The summed E-state index contributed by atoms with van der Waals surface area (Å²) in [7, 11) is 0. The van der Waals surface area contributed by atoms with Gasteiger partial charge in [0, 0.05) is 23.5 Å². The Labute approximate surface area is 167 Å². The zero-order chi connectivity index (χ0) is 16.7. The highest BCUT2D eigenvalue weighted by Crippen LogP contribution is 2.26. The van der Waals surface area contributed by atoms with Crippen molar-refractivity contribution in [2.24, 2.45) is 4.99 Å². The Morgan fingerprint density at radius 3 is 2.67 bits per heavy atom. The van der Waals surface area contributed by atoms with Gasteiger partial charge in [-0.25, -0.2) is 9.38 Å². The van der Waals surface area contributed by atoms with Gasteiger partial charge in [-0.05, 0) is 25.1 Å². The Morgan fingerprint density at radius 2 is 2.04 bits per heavy atom. The summed E-state index contributed by atoms with van der Waals surface area (Å²) in [5.74, 6) is 0.248. The Kier molecular flexibility index (Phi) is 9.57. The molecule has 1 heterocycles. The molecule has 0 fully saturated rings. The Balaban J connectivity index is 0.00000288. The second-order valence-corrected chi connectivity index (χ2v) is 6.57. The molecule has 0 bridgehead atoms. The van der Waals surface area contributed by atoms with Crippen molar-refractivity contribution in [1.82, 2.24) is 10.6 Å². The molecule has 2 rings (SSSR count). The predicted octanol–water partition coefficient (Wildman–Crippen LogP) is 3.95. The molecule has 0 aliphatic heterocycles. The van der Waals surface area contributed by atoms with Gasteiger partial charge in [0.15, 0.2) is 5.96 Å². The lowest BCUT2D eigenvalue weighted by Gasteiger charge is -2.14. The van der Waals surface area contributed by atoms with Gasteiger partial charge in [-0.1, -0.05) is 29.8 Å². The summed E-state index contributed by atoms with van der Waals surface area (Å²) in [5, 5.41) is 16.2. The van der Waals surface area contributed by atoms with Gasteiger partial charge in [-0.3, -0.25) is 0 Å². The summed E-state index contributed by atoms with van der Waals surface area (Å²) in [4.78, 5) is 5.12. The first kappa shape index (κ1) is 21.1. The maximum Gasteiger partial charge on any atom is 0.191 e. The summed E-state index contributed by atoms with van der Waals surface area (Å²) in [6.07, 6.45) is -0.676. The highest BCUT2D eigenvalue weighted by molar-refractivity contribution is 14.0. The number of benzene rings is 1. The van der Waals surface area contributed by atoms with Crippen molar-refractivity contribution >= 4 is 52.9 Å². The molecule has 0 saturated carbocycles. The third kappa shape index (κ3) is 6.54. The van der Waals surface area contributed by atoms with Crippen LogP contribution >= 0.6 is 46.9 Å². The minimum absolute atomic E-state index is 0. The van der Waals surface area contributed by atoms with Crippen LogP contribution in [0.4, 0.5) is 4.39 Å². The number of guanidine groups is 1. The van der Waals surface area contributed by atoms with Crippen LogP contribution in [0.15, 0.2) is 41.4 Å². The van der Waals surface area contributed by atoms with Crippen LogP contribution in [0, 0.1) is 5.82 Å². The minimum Gasteiger partial charge on any atom is -0.386 e. The summed E-state index contributed by atoms with van der Waals surface area (Å²) in [5.41, 5.74) is 0.523. The molecule has 3 N–H and O–H groups in total. The fourth-order valence-corrected chi connectivity index (χ4v) is 2.98. The van der Waals surface area contributed by atoms with Gasteiger partial charge in [-0.15, -0.1) is 35.3 Å². The van der Waals surface area contributed by atoms with Crippen LogP contribution in [-0.2, 0) is 6.54 Å². The van der Waals surface area contributed by atoms with E-state index >= 15 is 0 Å². The maximum atomic E-state index is 13.6. The Morgan fingerprint density at radius 1 is 1.29 bits per heavy atom. The first-order valence-electron chi connectivity index (χ1n) is 7.29. The van der Waals surface area contributed by atoms with E-state index in [4.69, 9.17) is 11.6 Å². The highest BCUT2D eigenvalue weighted by Gasteiger charge is 2.11. The quantitative estimate of drug-likeness (QED) is 0.331. The van der Waals surface area contributed by atoms with Gasteiger partial charge in [-0.2, -0.15) is 0 Å². The van der Waals surface area contributed by atoms with Crippen molar-refractivity contribution in [1.29, 1.82) is 0 Å². The van der Waals surface area contributed by atoms with E-state index in [0.717, 1.165) is 4.88 Å². The number of aliphatic hydroxyl groups excluding tert-OH is 1. The van der Waals surface area contributed by atoms with Crippen LogP contribution in [0.1, 0.15) is 23.5 Å². The third-order valence-corrected chi connectivity index (χ3v) is 4.43. The number of nitrogens with zero attached hydrogens (tertiary/aromatic N) is 1. The average Bonchev–Trinajstić information content (AvgIpc) is 2.98. The van der Waals surface area contributed by atoms with Crippen LogP contribution in [0.5, 0.6) is 0 Å². The number of halogens is 3. The zero-order valence-electron chi connectivity index (χ0n) is 13.1. The summed E-state index contributed by atoms with van der Waals surface area (Å²) < 4.78 is 14.2. The number of rotatable bonds is 6. The average molecular weight is 484 g/mol. The van der Waals surface area contributed by atoms with Crippen molar-refractivity contribution in [2.75, 3.05) is 13.1 Å². The van der Waals surface area contributed by atoms with Crippen molar-refractivity contribution < 1.29 is 9.50 Å². The van der Waals surface area contributed by atoms with E-state index in [0.29, 0.717) is 28.9 Å². The molecule has 0 spiro atoms. The van der Waals surface area contributed by atoms with E-state index in [-0.39, 0.29) is 36.3 Å². The normalized spacial score (nSPS) is 12.4. The first-order chi connectivity index (χ1) is 11.1. The van der Waals surface area contributed by atoms with Gasteiger partial charge < -0.3 is 15.7 Å². The van der Waals surface area contributed by atoms with E-state index in [9.17, 15) is 9.50 Å². The standard InChI is InChI=1S/C16H19ClFN3OS.HI/c1-2-19-16(20-9-11-5-3-4-6-12(11)18)21-10-13(22)14-7-8-15(17)23-14;/h3-8,13,22H,2,9-10H2,1H3,(H2,19,20,21);1H. The second kappa shape index (κ2) is 10.9. The van der Waals surface area contributed by atoms with E-state index in [1.165, 1.54) is 17.4 Å². The monoisotopic (exact) mass is 483 g/mol. The van der Waals surface area contributed by atoms with Crippen LogP contribution < -0.4 is 10.6 Å². The van der Waals surface area contributed by atoms with E-state index in [1.807, 2.05) is 6.92 Å². The molecule has 0 aliphatic rings. The largest absolute Gasteiger partial charge is 0.386 e. The highest BCUT2D eigenvalue weighted by atomic mass is 127. The van der Waals surface area contributed by atoms with Crippen LogP contribution in [0.2, 0.25) is 4.34 Å². The number of hydrogen-bond donors (Lipinski definition) is 3. The fourth-order valence-electron chi connectivity index (χ4n) is 1.93. The molecule has 1 unspecified atom stereocenters. The molecule has 132 valence electrons. The van der Waals surface area contributed by atoms with E-state index in [1.54, 1.807) is 30.3 Å². The zero-order valence-corrected chi connectivity index (χ0v) is 17.0. The number of aliphatic hydroxyl groups is 1. The smallest absolute Gasteiger partial charge is 0.191 e. The van der Waals surface area contributed by atoms with Crippen molar-refractivity contribution in [2.45, 2.75) is 19.6 Å². The molecule has 1 atom stereocenters. The summed E-state index contributed by atoms with van der Waals surface area (Å²) in [6.45, 7) is 3.13. The van der Waals surface area contributed by atoms with E-state index < -0.39 is 6.10 Å². The predicted molar refractivity (Wildman–Crippen MR) is 109 cm³/mol. The molecular formula is C16H20ClFIN3OS. The number of thiophene rings is 1. The van der Waals surface area contributed by atoms with Crippen LogP contribution in [0.3, 0.4) is 0 Å². The summed E-state index contributed by atoms with van der Waals surface area (Å²) >= 11 is 7.20. The van der Waals surface area contributed by atoms with Gasteiger partial charge in [0.25, 0.3) is 0 Å². The van der Waals surface area contributed by atoms with Gasteiger partial charge in [0.05, 0.1) is 10.9 Å². The number of nitrogens with one attached hydrogen (secondary N) is 2. The third-order valence-electron chi connectivity index (χ3n) is 3.09. The first-order valence-corrected chi connectivity index (χ1v) is 8.48. The molecular weight excluding hydrogens is 464 g/mol. The van der Waals surface area contributed by atoms with Gasteiger partial charge in [0.1, 0.15) is 11.9 Å². The molecule has 1 aromatic heterocycles. The number of aliphatic imine (C=N–C) groups is 1.